The van der Waals surface area contributed by atoms with Gasteiger partial charge in [-0.1, -0.05) is 0 Å². The fraction of sp³-hybridized carbons (Fsp3) is 0.471. The van der Waals surface area contributed by atoms with Gasteiger partial charge in [-0.3, -0.25) is 0 Å². The number of rotatable bonds is 4. The molecule has 5 heteroatoms. The number of methoxy groups -OCH3 is 1. The second-order valence-corrected chi connectivity index (χ2v) is 5.64. The molecule has 0 N–H and O–H groups in total. The molecule has 0 unspecified atom stereocenters. The molecule has 22 heavy (non-hydrogen) atoms. The van der Waals surface area contributed by atoms with Crippen molar-refractivity contribution in [3.63, 3.8) is 0 Å². The van der Waals surface area contributed by atoms with Crippen LogP contribution in [-0.2, 0) is 4.74 Å². The number of benzene rings is 1. The molecule has 0 saturated carbocycles. The van der Waals surface area contributed by atoms with E-state index >= 15 is 0 Å². The zero-order valence-electron chi connectivity index (χ0n) is 13.3. The lowest BCUT2D eigenvalue weighted by molar-refractivity contribution is 0.122. The summed E-state index contributed by atoms with van der Waals surface area (Å²) in [5.41, 5.74) is 0. The lowest BCUT2D eigenvalue weighted by Gasteiger charge is -2.28. The van der Waals surface area contributed by atoms with Crippen molar-refractivity contribution in [1.29, 1.82) is 0 Å². The summed E-state index contributed by atoms with van der Waals surface area (Å²) >= 11 is 0. The minimum absolute atomic E-state index is 0.0812. The summed E-state index contributed by atoms with van der Waals surface area (Å²) in [4.78, 5) is 6.96. The van der Waals surface area contributed by atoms with Crippen LogP contribution in [0.2, 0.25) is 0 Å². The average molecular weight is 302 g/mol. The summed E-state index contributed by atoms with van der Waals surface area (Å²) in [7, 11) is 1.68. The van der Waals surface area contributed by atoms with Crippen molar-refractivity contribution >= 4 is 16.6 Å². The van der Waals surface area contributed by atoms with Gasteiger partial charge < -0.3 is 19.1 Å². The minimum Gasteiger partial charge on any atom is -0.497 e. The second-order valence-electron chi connectivity index (χ2n) is 5.64. The standard InChI is InChI=1S/C17H22N2O3/c1-12(2)22-17-15-5-4-14(20-3)10-13(15)11-16(18-17)19-6-8-21-9-7-19/h4-5,10-12H,6-9H2,1-3H3. The smallest absolute Gasteiger partial charge is 0.223 e. The summed E-state index contributed by atoms with van der Waals surface area (Å²) < 4.78 is 16.7. The van der Waals surface area contributed by atoms with Crippen molar-refractivity contribution in [2.24, 2.45) is 0 Å². The molecule has 5 nitrogen and oxygen atoms in total. The molecule has 2 aromatic rings. The van der Waals surface area contributed by atoms with E-state index in [9.17, 15) is 0 Å². The van der Waals surface area contributed by atoms with Crippen LogP contribution in [0.4, 0.5) is 5.82 Å². The molecular formula is C17H22N2O3. The van der Waals surface area contributed by atoms with Crippen molar-refractivity contribution in [3.05, 3.63) is 24.3 Å². The van der Waals surface area contributed by atoms with Crippen LogP contribution in [0.3, 0.4) is 0 Å². The number of ether oxygens (including phenoxy) is 3. The molecule has 0 bridgehead atoms. The van der Waals surface area contributed by atoms with Gasteiger partial charge in [-0.05, 0) is 43.5 Å². The third kappa shape index (κ3) is 3.09. The monoisotopic (exact) mass is 302 g/mol. The number of hydrogen-bond donors (Lipinski definition) is 0. The van der Waals surface area contributed by atoms with Crippen molar-refractivity contribution in [2.45, 2.75) is 20.0 Å². The van der Waals surface area contributed by atoms with Crippen LogP contribution in [0.5, 0.6) is 11.6 Å². The Morgan fingerprint density at radius 3 is 2.64 bits per heavy atom. The van der Waals surface area contributed by atoms with Gasteiger partial charge in [-0.25, -0.2) is 0 Å². The van der Waals surface area contributed by atoms with Gasteiger partial charge in [0.25, 0.3) is 0 Å². The van der Waals surface area contributed by atoms with Crippen molar-refractivity contribution in [2.75, 3.05) is 38.3 Å². The highest BCUT2D eigenvalue weighted by molar-refractivity contribution is 5.90. The van der Waals surface area contributed by atoms with Gasteiger partial charge in [-0.2, -0.15) is 4.98 Å². The molecule has 2 heterocycles. The van der Waals surface area contributed by atoms with Gasteiger partial charge >= 0.3 is 0 Å². The van der Waals surface area contributed by atoms with Crippen LogP contribution >= 0.6 is 0 Å². The van der Waals surface area contributed by atoms with Crippen molar-refractivity contribution < 1.29 is 14.2 Å². The van der Waals surface area contributed by atoms with Crippen molar-refractivity contribution in [1.82, 2.24) is 4.98 Å². The number of morpholine rings is 1. The average Bonchev–Trinajstić information content (AvgIpc) is 2.54. The number of fused-ring (bicyclic) bond motifs is 1. The van der Waals surface area contributed by atoms with E-state index in [0.717, 1.165) is 48.6 Å². The molecule has 0 amide bonds. The largest absolute Gasteiger partial charge is 0.497 e. The first-order chi connectivity index (χ1) is 10.7. The minimum atomic E-state index is 0.0812. The van der Waals surface area contributed by atoms with Crippen molar-refractivity contribution in [3.8, 4) is 11.6 Å². The van der Waals surface area contributed by atoms with Gasteiger partial charge in [0, 0.05) is 18.5 Å². The van der Waals surface area contributed by atoms with E-state index in [4.69, 9.17) is 19.2 Å². The molecule has 1 aliphatic rings. The molecule has 1 aromatic heterocycles. The molecule has 1 saturated heterocycles. The number of hydrogen-bond acceptors (Lipinski definition) is 5. The maximum absolute atomic E-state index is 5.92. The summed E-state index contributed by atoms with van der Waals surface area (Å²) in [6.45, 7) is 7.19. The SMILES string of the molecule is COc1ccc2c(OC(C)C)nc(N3CCOCC3)cc2c1. The molecule has 0 atom stereocenters. The number of nitrogens with zero attached hydrogens (tertiary/aromatic N) is 2. The molecule has 0 spiro atoms. The highest BCUT2D eigenvalue weighted by atomic mass is 16.5. The quantitative estimate of drug-likeness (QED) is 0.869. The first-order valence-electron chi connectivity index (χ1n) is 7.65. The van der Waals surface area contributed by atoms with Gasteiger partial charge in [0.1, 0.15) is 11.6 Å². The molecule has 1 aromatic carbocycles. The molecule has 0 aliphatic carbocycles. The summed E-state index contributed by atoms with van der Waals surface area (Å²) in [6, 6.07) is 8.05. The van der Waals surface area contributed by atoms with Gasteiger partial charge in [0.15, 0.2) is 0 Å². The Morgan fingerprint density at radius 2 is 1.95 bits per heavy atom. The van der Waals surface area contributed by atoms with Crippen LogP contribution in [0.25, 0.3) is 10.8 Å². The Hall–Kier alpha value is -2.01. The van der Waals surface area contributed by atoms with Crippen LogP contribution in [0.1, 0.15) is 13.8 Å². The zero-order chi connectivity index (χ0) is 15.5. The number of pyridine rings is 1. The van der Waals surface area contributed by atoms with E-state index in [2.05, 4.69) is 11.0 Å². The predicted octanol–water partition coefficient (Wildman–Crippen LogP) is 2.87. The second kappa shape index (κ2) is 6.40. The predicted molar refractivity (Wildman–Crippen MR) is 87.1 cm³/mol. The van der Waals surface area contributed by atoms with Crippen LogP contribution < -0.4 is 14.4 Å². The fourth-order valence-electron chi connectivity index (χ4n) is 2.59. The Bertz CT molecular complexity index is 652. The Balaban J connectivity index is 2.07. The Morgan fingerprint density at radius 1 is 1.18 bits per heavy atom. The molecule has 1 aliphatic heterocycles. The van der Waals surface area contributed by atoms with Crippen LogP contribution in [0, 0.1) is 0 Å². The summed E-state index contributed by atoms with van der Waals surface area (Å²) in [5, 5.41) is 2.08. The van der Waals surface area contributed by atoms with E-state index in [-0.39, 0.29) is 6.10 Å². The number of aromatic nitrogens is 1. The summed E-state index contributed by atoms with van der Waals surface area (Å²) in [6.07, 6.45) is 0.0812. The molecule has 118 valence electrons. The lowest BCUT2D eigenvalue weighted by Crippen LogP contribution is -2.36. The maximum atomic E-state index is 5.92. The Labute approximate surface area is 130 Å². The first kappa shape index (κ1) is 14.9. The summed E-state index contributed by atoms with van der Waals surface area (Å²) in [5.74, 6) is 2.44. The van der Waals surface area contributed by atoms with Crippen LogP contribution in [-0.4, -0.2) is 44.5 Å². The highest BCUT2D eigenvalue weighted by Crippen LogP contribution is 2.31. The van der Waals surface area contributed by atoms with Gasteiger partial charge in [0.2, 0.25) is 5.88 Å². The van der Waals surface area contributed by atoms with E-state index in [1.807, 2.05) is 32.0 Å². The van der Waals surface area contributed by atoms with E-state index < -0.39 is 0 Å². The first-order valence-corrected chi connectivity index (χ1v) is 7.65. The number of anilines is 1. The van der Waals surface area contributed by atoms with Gasteiger partial charge in [-0.15, -0.1) is 0 Å². The fourth-order valence-corrected chi connectivity index (χ4v) is 2.59. The normalized spacial score (nSPS) is 15.4. The molecule has 1 fully saturated rings. The topological polar surface area (TPSA) is 43.8 Å². The van der Waals surface area contributed by atoms with Gasteiger partial charge in [0.05, 0.1) is 26.4 Å². The van der Waals surface area contributed by atoms with E-state index in [0.29, 0.717) is 5.88 Å². The Kier molecular flexibility index (Phi) is 4.34. The zero-order valence-corrected chi connectivity index (χ0v) is 13.3. The highest BCUT2D eigenvalue weighted by Gasteiger charge is 2.16. The third-order valence-corrected chi connectivity index (χ3v) is 3.67. The van der Waals surface area contributed by atoms with Crippen LogP contribution in [0.15, 0.2) is 24.3 Å². The molecular weight excluding hydrogens is 280 g/mol. The third-order valence-electron chi connectivity index (χ3n) is 3.67. The molecule has 3 rings (SSSR count). The van der Waals surface area contributed by atoms with E-state index in [1.54, 1.807) is 7.11 Å². The van der Waals surface area contributed by atoms with E-state index in [1.165, 1.54) is 0 Å². The molecule has 0 radical (unpaired) electrons. The lowest BCUT2D eigenvalue weighted by atomic mass is 10.1. The maximum Gasteiger partial charge on any atom is 0.223 e.